The van der Waals surface area contributed by atoms with Crippen LogP contribution in [0.3, 0.4) is 0 Å². The number of hydrogen-bond acceptors (Lipinski definition) is 2. The van der Waals surface area contributed by atoms with Crippen molar-refractivity contribution < 1.29 is 0 Å². The lowest BCUT2D eigenvalue weighted by atomic mass is 10.1. The second kappa shape index (κ2) is 3.92. The molecule has 0 aliphatic heterocycles. The van der Waals surface area contributed by atoms with Crippen molar-refractivity contribution in [1.29, 1.82) is 0 Å². The molecule has 1 atom stereocenters. The van der Waals surface area contributed by atoms with Gasteiger partial charge in [-0.3, -0.25) is 4.79 Å². The van der Waals surface area contributed by atoms with E-state index in [1.54, 1.807) is 24.6 Å². The largest absolute Gasteiger partial charge is 0.324 e. The Balaban J connectivity index is 2.94. The van der Waals surface area contributed by atoms with Gasteiger partial charge in [-0.15, -0.1) is 0 Å². The van der Waals surface area contributed by atoms with E-state index in [1.165, 1.54) is 0 Å². The van der Waals surface area contributed by atoms with Crippen molar-refractivity contribution in [3.8, 4) is 0 Å². The molecule has 16 heavy (non-hydrogen) atoms. The van der Waals surface area contributed by atoms with Crippen LogP contribution in [0.25, 0.3) is 10.9 Å². The lowest BCUT2D eigenvalue weighted by Crippen LogP contribution is -2.25. The van der Waals surface area contributed by atoms with Crippen LogP contribution >= 0.6 is 11.6 Å². The number of aryl methyl sites for hydroxylation is 1. The molecule has 3 nitrogen and oxygen atoms in total. The fraction of sp³-hybridized carbons (Fsp3) is 0.250. The molecule has 0 aliphatic carbocycles. The van der Waals surface area contributed by atoms with Gasteiger partial charge in [0.25, 0.3) is 5.56 Å². The third kappa shape index (κ3) is 1.62. The molecule has 0 amide bonds. The Bertz CT molecular complexity index is 602. The second-order valence-electron chi connectivity index (χ2n) is 3.93. The highest BCUT2D eigenvalue weighted by atomic mass is 35.5. The average Bonchev–Trinajstić information content (AvgIpc) is 2.22. The summed E-state index contributed by atoms with van der Waals surface area (Å²) in [5.74, 6) is 0. The summed E-state index contributed by atoms with van der Waals surface area (Å²) in [5.41, 5.74) is 7.04. The summed E-state index contributed by atoms with van der Waals surface area (Å²) in [6.07, 6.45) is 0. The molecule has 2 rings (SSSR count). The summed E-state index contributed by atoms with van der Waals surface area (Å²) in [5, 5.41) is 1.51. The fourth-order valence-corrected chi connectivity index (χ4v) is 2.16. The number of halogens is 1. The van der Waals surface area contributed by atoms with E-state index in [2.05, 4.69) is 0 Å². The normalized spacial score (nSPS) is 13.0. The number of pyridine rings is 1. The number of benzene rings is 1. The summed E-state index contributed by atoms with van der Waals surface area (Å²) >= 11 is 6.08. The predicted molar refractivity (Wildman–Crippen MR) is 66.8 cm³/mol. The zero-order valence-corrected chi connectivity index (χ0v) is 9.95. The molecular weight excluding hydrogens is 224 g/mol. The van der Waals surface area contributed by atoms with Crippen molar-refractivity contribution in [2.75, 3.05) is 0 Å². The molecule has 0 aliphatic rings. The van der Waals surface area contributed by atoms with Crippen molar-refractivity contribution in [3.63, 3.8) is 0 Å². The lowest BCUT2D eigenvalue weighted by Gasteiger charge is -2.11. The Hall–Kier alpha value is -1.32. The van der Waals surface area contributed by atoms with Crippen molar-refractivity contribution >= 4 is 22.5 Å². The molecule has 4 heteroatoms. The van der Waals surface area contributed by atoms with E-state index >= 15 is 0 Å². The van der Waals surface area contributed by atoms with Crippen molar-refractivity contribution in [2.45, 2.75) is 13.0 Å². The van der Waals surface area contributed by atoms with Crippen LogP contribution in [0.15, 0.2) is 29.1 Å². The van der Waals surface area contributed by atoms with Gasteiger partial charge in [0.2, 0.25) is 0 Å². The van der Waals surface area contributed by atoms with Crippen LogP contribution in [-0.4, -0.2) is 4.57 Å². The number of nitrogens with zero attached hydrogens (tertiary/aromatic N) is 1. The molecule has 0 spiro atoms. The van der Waals surface area contributed by atoms with Crippen LogP contribution < -0.4 is 11.3 Å². The van der Waals surface area contributed by atoms with E-state index in [9.17, 15) is 4.79 Å². The van der Waals surface area contributed by atoms with Crippen LogP contribution in [0.2, 0.25) is 5.02 Å². The van der Waals surface area contributed by atoms with Crippen molar-refractivity contribution in [2.24, 2.45) is 12.8 Å². The third-order valence-corrected chi connectivity index (χ3v) is 3.01. The maximum absolute atomic E-state index is 12.0. The molecule has 0 fully saturated rings. The maximum Gasteiger partial charge on any atom is 0.255 e. The second-order valence-corrected chi connectivity index (χ2v) is 4.34. The summed E-state index contributed by atoms with van der Waals surface area (Å²) in [6.45, 7) is 1.80. The molecule has 1 aromatic carbocycles. The van der Waals surface area contributed by atoms with Crippen molar-refractivity contribution in [1.82, 2.24) is 4.57 Å². The molecule has 1 aromatic heterocycles. The molecule has 2 aromatic rings. The van der Waals surface area contributed by atoms with Gasteiger partial charge in [-0.2, -0.15) is 0 Å². The number of para-hydroxylation sites is 1. The molecule has 0 bridgehead atoms. The van der Waals surface area contributed by atoms with Gasteiger partial charge in [-0.05, 0) is 19.1 Å². The third-order valence-electron chi connectivity index (χ3n) is 2.71. The minimum atomic E-state index is -0.276. The summed E-state index contributed by atoms with van der Waals surface area (Å²) in [6, 6.07) is 7.09. The van der Waals surface area contributed by atoms with Gasteiger partial charge in [0.1, 0.15) is 0 Å². The van der Waals surface area contributed by atoms with Crippen LogP contribution in [0, 0.1) is 0 Å². The van der Waals surface area contributed by atoms with Crippen LogP contribution in [0.4, 0.5) is 0 Å². The molecule has 0 saturated carbocycles. The highest BCUT2D eigenvalue weighted by Crippen LogP contribution is 2.23. The van der Waals surface area contributed by atoms with E-state index in [-0.39, 0.29) is 11.6 Å². The zero-order valence-electron chi connectivity index (χ0n) is 9.20. The van der Waals surface area contributed by atoms with Gasteiger partial charge in [-0.1, -0.05) is 23.7 Å². The molecule has 1 unspecified atom stereocenters. The van der Waals surface area contributed by atoms with E-state index < -0.39 is 0 Å². The highest BCUT2D eigenvalue weighted by molar-refractivity contribution is 6.35. The minimum absolute atomic E-state index is 0.0874. The van der Waals surface area contributed by atoms with Gasteiger partial charge >= 0.3 is 0 Å². The first-order chi connectivity index (χ1) is 7.52. The number of rotatable bonds is 1. The van der Waals surface area contributed by atoms with Gasteiger partial charge < -0.3 is 10.3 Å². The van der Waals surface area contributed by atoms with Gasteiger partial charge in [0, 0.05) is 24.0 Å². The molecule has 2 N–H and O–H groups in total. The Kier molecular flexibility index (Phi) is 2.74. The smallest absolute Gasteiger partial charge is 0.255 e. The topological polar surface area (TPSA) is 48.0 Å². The van der Waals surface area contributed by atoms with Crippen LogP contribution in [-0.2, 0) is 7.05 Å². The predicted octanol–water partition coefficient (Wildman–Crippen LogP) is 2.21. The molecule has 0 radical (unpaired) electrons. The Morgan fingerprint density at radius 1 is 1.44 bits per heavy atom. The van der Waals surface area contributed by atoms with Crippen LogP contribution in [0.5, 0.6) is 0 Å². The molecule has 1 heterocycles. The molecule has 0 saturated heterocycles. The quantitative estimate of drug-likeness (QED) is 0.825. The first-order valence-electron chi connectivity index (χ1n) is 5.06. The SMILES string of the molecule is CC(N)c1cc2cccc(Cl)c2n(C)c1=O. The van der Waals surface area contributed by atoms with E-state index in [0.29, 0.717) is 10.6 Å². The molecule has 84 valence electrons. The van der Waals surface area contributed by atoms with Crippen LogP contribution in [0.1, 0.15) is 18.5 Å². The highest BCUT2D eigenvalue weighted by Gasteiger charge is 2.11. The standard InChI is InChI=1S/C12H13ClN2O/c1-7(14)9-6-8-4-3-5-10(13)11(8)15(2)12(9)16/h3-7H,14H2,1-2H3. The van der Waals surface area contributed by atoms with Gasteiger partial charge in [0.15, 0.2) is 0 Å². The monoisotopic (exact) mass is 236 g/mol. The first-order valence-corrected chi connectivity index (χ1v) is 5.44. The number of aromatic nitrogens is 1. The Morgan fingerprint density at radius 2 is 2.12 bits per heavy atom. The maximum atomic E-state index is 12.0. The van der Waals surface area contributed by atoms with Gasteiger partial charge in [-0.25, -0.2) is 0 Å². The fourth-order valence-electron chi connectivity index (χ4n) is 1.85. The number of nitrogens with two attached hydrogens (primary N) is 1. The Morgan fingerprint density at radius 3 is 2.75 bits per heavy atom. The Labute approximate surface area is 98.4 Å². The number of fused-ring (bicyclic) bond motifs is 1. The zero-order chi connectivity index (χ0) is 11.9. The van der Waals surface area contributed by atoms with E-state index in [0.717, 1.165) is 10.9 Å². The summed E-state index contributed by atoms with van der Waals surface area (Å²) in [7, 11) is 1.71. The van der Waals surface area contributed by atoms with Gasteiger partial charge in [0.05, 0.1) is 10.5 Å². The average molecular weight is 237 g/mol. The molecular formula is C12H13ClN2O. The van der Waals surface area contributed by atoms with Crippen molar-refractivity contribution in [3.05, 3.63) is 45.2 Å². The first kappa shape index (κ1) is 11.2. The summed E-state index contributed by atoms with van der Waals surface area (Å²) in [4.78, 5) is 12.0. The van der Waals surface area contributed by atoms with E-state index in [1.807, 2.05) is 18.2 Å². The summed E-state index contributed by atoms with van der Waals surface area (Å²) < 4.78 is 1.55. The minimum Gasteiger partial charge on any atom is -0.324 e. The van der Waals surface area contributed by atoms with E-state index in [4.69, 9.17) is 17.3 Å². The lowest BCUT2D eigenvalue weighted by molar-refractivity contribution is 0.772. The number of hydrogen-bond donors (Lipinski definition) is 1.